The lowest BCUT2D eigenvalue weighted by atomic mass is 10.2. The van der Waals surface area contributed by atoms with Crippen LogP contribution in [-0.4, -0.2) is 37.2 Å². The van der Waals surface area contributed by atoms with Crippen molar-refractivity contribution >= 4 is 6.09 Å². The Morgan fingerprint density at radius 3 is 2.53 bits per heavy atom. The highest BCUT2D eigenvalue weighted by Gasteiger charge is 2.35. The fourth-order valence-corrected chi connectivity index (χ4v) is 1.62. The molecule has 0 radical (unpaired) electrons. The summed E-state index contributed by atoms with van der Waals surface area (Å²) in [5.41, 5.74) is 5.66. The van der Waals surface area contributed by atoms with Crippen molar-refractivity contribution in [1.82, 2.24) is 4.90 Å². The molecule has 0 bridgehead atoms. The zero-order chi connectivity index (χ0) is 11.4. The van der Waals surface area contributed by atoms with Crippen molar-refractivity contribution < 1.29 is 9.53 Å². The number of likely N-dealkylation sites (N-methyl/N-ethyl adjacent to an activating group) is 1. The molecule has 1 aliphatic carbocycles. The van der Waals surface area contributed by atoms with E-state index in [2.05, 4.69) is 0 Å². The molecule has 2 N–H and O–H groups in total. The lowest BCUT2D eigenvalue weighted by Gasteiger charge is -2.26. The Labute approximate surface area is 91.8 Å². The number of nitrogens with zero attached hydrogens (tertiary/aromatic N) is 1. The van der Waals surface area contributed by atoms with Gasteiger partial charge in [-0.3, -0.25) is 0 Å². The average molecular weight is 214 g/mol. The Balaban J connectivity index is 2.36. The van der Waals surface area contributed by atoms with Crippen LogP contribution in [0.25, 0.3) is 0 Å². The maximum atomic E-state index is 11.6. The monoisotopic (exact) mass is 214 g/mol. The number of amides is 1. The second-order valence-electron chi connectivity index (χ2n) is 4.72. The lowest BCUT2D eigenvalue weighted by Crippen LogP contribution is -2.43. The minimum Gasteiger partial charge on any atom is -0.449 e. The molecule has 0 saturated heterocycles. The van der Waals surface area contributed by atoms with E-state index >= 15 is 0 Å². The molecule has 0 aliphatic heterocycles. The maximum absolute atomic E-state index is 11.6. The third-order valence-electron chi connectivity index (χ3n) is 2.73. The van der Waals surface area contributed by atoms with Crippen molar-refractivity contribution in [2.45, 2.75) is 32.7 Å². The van der Waals surface area contributed by atoms with Gasteiger partial charge in [0.1, 0.15) is 0 Å². The number of hydrogen-bond acceptors (Lipinski definition) is 3. The summed E-state index contributed by atoms with van der Waals surface area (Å²) in [6, 6.07) is 0.157. The standard InChI is InChI=1S/C11H22N2O2/c1-8(2)7-15-11(14)13(3)10(6-12)9-4-5-9/h8-10H,4-7,12H2,1-3H3. The van der Waals surface area contributed by atoms with Crippen LogP contribution in [0.3, 0.4) is 0 Å². The van der Waals surface area contributed by atoms with E-state index in [0.29, 0.717) is 25.0 Å². The van der Waals surface area contributed by atoms with Gasteiger partial charge in [0.25, 0.3) is 0 Å². The highest BCUT2D eigenvalue weighted by atomic mass is 16.6. The molecule has 0 heterocycles. The topological polar surface area (TPSA) is 55.6 Å². The molecule has 4 heteroatoms. The predicted molar refractivity (Wildman–Crippen MR) is 59.5 cm³/mol. The van der Waals surface area contributed by atoms with Crippen LogP contribution in [0.4, 0.5) is 4.79 Å². The van der Waals surface area contributed by atoms with E-state index in [4.69, 9.17) is 10.5 Å². The maximum Gasteiger partial charge on any atom is 0.409 e. The molecular weight excluding hydrogens is 192 g/mol. The molecule has 88 valence electrons. The van der Waals surface area contributed by atoms with Gasteiger partial charge in [0.05, 0.1) is 6.61 Å². The first-order chi connectivity index (χ1) is 7.06. The van der Waals surface area contributed by atoms with E-state index in [1.165, 1.54) is 12.8 Å². The van der Waals surface area contributed by atoms with Crippen molar-refractivity contribution in [3.8, 4) is 0 Å². The SMILES string of the molecule is CC(C)COC(=O)N(C)C(CN)C1CC1. The largest absolute Gasteiger partial charge is 0.449 e. The molecular formula is C11H22N2O2. The summed E-state index contributed by atoms with van der Waals surface area (Å²) in [7, 11) is 1.78. The first-order valence-corrected chi connectivity index (χ1v) is 5.66. The van der Waals surface area contributed by atoms with Gasteiger partial charge in [0, 0.05) is 19.6 Å². The zero-order valence-corrected chi connectivity index (χ0v) is 9.90. The number of hydrogen-bond donors (Lipinski definition) is 1. The first-order valence-electron chi connectivity index (χ1n) is 5.66. The Morgan fingerprint density at radius 2 is 2.13 bits per heavy atom. The third kappa shape index (κ3) is 3.70. The minimum atomic E-state index is -0.244. The number of nitrogens with two attached hydrogens (primary N) is 1. The Kier molecular flexibility index (Phi) is 4.39. The van der Waals surface area contributed by atoms with Crippen LogP contribution in [-0.2, 0) is 4.74 Å². The Bertz CT molecular complexity index is 215. The van der Waals surface area contributed by atoms with Crippen LogP contribution in [0.5, 0.6) is 0 Å². The normalized spacial score (nSPS) is 17.7. The lowest BCUT2D eigenvalue weighted by molar-refractivity contribution is 0.0846. The van der Waals surface area contributed by atoms with Crippen LogP contribution in [0.15, 0.2) is 0 Å². The van der Waals surface area contributed by atoms with Gasteiger partial charge in [-0.15, -0.1) is 0 Å². The Morgan fingerprint density at radius 1 is 1.53 bits per heavy atom. The van der Waals surface area contributed by atoms with Crippen molar-refractivity contribution in [3.05, 3.63) is 0 Å². The highest BCUT2D eigenvalue weighted by molar-refractivity contribution is 5.67. The summed E-state index contributed by atoms with van der Waals surface area (Å²) < 4.78 is 5.16. The summed E-state index contributed by atoms with van der Waals surface area (Å²) in [4.78, 5) is 13.3. The van der Waals surface area contributed by atoms with Crippen molar-refractivity contribution in [2.24, 2.45) is 17.6 Å². The molecule has 0 spiro atoms. The van der Waals surface area contributed by atoms with Crippen LogP contribution < -0.4 is 5.73 Å². The van der Waals surface area contributed by atoms with Crippen LogP contribution in [0.1, 0.15) is 26.7 Å². The van der Waals surface area contributed by atoms with Crippen molar-refractivity contribution in [3.63, 3.8) is 0 Å². The Hall–Kier alpha value is -0.770. The molecule has 0 aromatic rings. The van der Waals surface area contributed by atoms with Crippen LogP contribution >= 0.6 is 0 Å². The van der Waals surface area contributed by atoms with E-state index < -0.39 is 0 Å². The predicted octanol–water partition coefficient (Wildman–Crippen LogP) is 1.45. The quantitative estimate of drug-likeness (QED) is 0.753. The fraction of sp³-hybridized carbons (Fsp3) is 0.909. The second kappa shape index (κ2) is 5.35. The van der Waals surface area contributed by atoms with Gasteiger partial charge in [-0.25, -0.2) is 4.79 Å². The van der Waals surface area contributed by atoms with E-state index in [0.717, 1.165) is 0 Å². The van der Waals surface area contributed by atoms with E-state index in [1.54, 1.807) is 11.9 Å². The number of rotatable bonds is 5. The smallest absolute Gasteiger partial charge is 0.409 e. The van der Waals surface area contributed by atoms with E-state index in [9.17, 15) is 4.79 Å². The molecule has 1 rings (SSSR count). The molecule has 15 heavy (non-hydrogen) atoms. The molecule has 1 unspecified atom stereocenters. The summed E-state index contributed by atoms with van der Waals surface area (Å²) in [6.07, 6.45) is 2.12. The molecule has 4 nitrogen and oxygen atoms in total. The van der Waals surface area contributed by atoms with Gasteiger partial charge in [-0.05, 0) is 24.7 Å². The van der Waals surface area contributed by atoms with Gasteiger partial charge in [0.15, 0.2) is 0 Å². The summed E-state index contributed by atoms with van der Waals surface area (Å²) >= 11 is 0. The van der Waals surface area contributed by atoms with Gasteiger partial charge < -0.3 is 15.4 Å². The zero-order valence-electron chi connectivity index (χ0n) is 9.90. The van der Waals surface area contributed by atoms with Crippen LogP contribution in [0.2, 0.25) is 0 Å². The molecule has 0 aromatic carbocycles. The summed E-state index contributed by atoms with van der Waals surface area (Å²) in [6.45, 7) is 5.05. The molecule has 0 aromatic heterocycles. The molecule has 1 saturated carbocycles. The average Bonchev–Trinajstić information content (AvgIpc) is 2.99. The van der Waals surface area contributed by atoms with Gasteiger partial charge >= 0.3 is 6.09 Å². The molecule has 1 atom stereocenters. The number of ether oxygens (including phenoxy) is 1. The number of carbonyl (C=O) groups is 1. The van der Waals surface area contributed by atoms with Gasteiger partial charge in [-0.1, -0.05) is 13.8 Å². The van der Waals surface area contributed by atoms with Crippen LogP contribution in [0, 0.1) is 11.8 Å². The summed E-state index contributed by atoms with van der Waals surface area (Å²) in [5, 5.41) is 0. The molecule has 1 fully saturated rings. The minimum absolute atomic E-state index is 0.157. The molecule has 1 aliphatic rings. The number of carbonyl (C=O) groups excluding carboxylic acids is 1. The summed E-state index contributed by atoms with van der Waals surface area (Å²) in [5.74, 6) is 0.964. The third-order valence-corrected chi connectivity index (χ3v) is 2.73. The first kappa shape index (κ1) is 12.3. The van der Waals surface area contributed by atoms with E-state index in [-0.39, 0.29) is 12.1 Å². The van der Waals surface area contributed by atoms with Crippen molar-refractivity contribution in [1.29, 1.82) is 0 Å². The van der Waals surface area contributed by atoms with Gasteiger partial charge in [0.2, 0.25) is 0 Å². The van der Waals surface area contributed by atoms with Crippen molar-refractivity contribution in [2.75, 3.05) is 20.2 Å². The van der Waals surface area contributed by atoms with E-state index in [1.807, 2.05) is 13.8 Å². The van der Waals surface area contributed by atoms with Gasteiger partial charge in [-0.2, -0.15) is 0 Å². The second-order valence-corrected chi connectivity index (χ2v) is 4.72. The highest BCUT2D eigenvalue weighted by Crippen LogP contribution is 2.34. The molecule has 1 amide bonds. The fourth-order valence-electron chi connectivity index (χ4n) is 1.62.